The van der Waals surface area contributed by atoms with Crippen LogP contribution in [-0.2, 0) is 0 Å². The van der Waals surface area contributed by atoms with Crippen LogP contribution in [0, 0.1) is 20.8 Å². The molecule has 1 heterocycles. The van der Waals surface area contributed by atoms with Gasteiger partial charge in [-0.25, -0.2) is 4.98 Å². The van der Waals surface area contributed by atoms with Crippen molar-refractivity contribution < 1.29 is 9.84 Å². The molecule has 0 spiro atoms. The van der Waals surface area contributed by atoms with Gasteiger partial charge in [0.1, 0.15) is 0 Å². The summed E-state index contributed by atoms with van der Waals surface area (Å²) in [6.45, 7) is 6.35. The van der Waals surface area contributed by atoms with Crippen LogP contribution in [0.1, 0.15) is 27.9 Å². The topological polar surface area (TPSA) is 42.4 Å². The largest absolute Gasteiger partial charge is 0.504 e. The molecule has 0 bridgehead atoms. The highest BCUT2D eigenvalue weighted by molar-refractivity contribution is 5.87. The second kappa shape index (κ2) is 6.36. The molecule has 0 fully saturated rings. The Kier molecular flexibility index (Phi) is 4.26. The Morgan fingerprint density at radius 3 is 2.50 bits per heavy atom. The molecule has 0 amide bonds. The van der Waals surface area contributed by atoms with E-state index in [-0.39, 0.29) is 5.75 Å². The van der Waals surface area contributed by atoms with E-state index in [9.17, 15) is 5.11 Å². The van der Waals surface area contributed by atoms with Crippen molar-refractivity contribution in [3.63, 3.8) is 0 Å². The summed E-state index contributed by atoms with van der Waals surface area (Å²) in [5.74, 6) is 0.603. The molecule has 3 aromatic rings. The lowest BCUT2D eigenvalue weighted by atomic mass is 10.0. The van der Waals surface area contributed by atoms with Gasteiger partial charge in [0.25, 0.3) is 0 Å². The zero-order valence-electron chi connectivity index (χ0n) is 14.4. The van der Waals surface area contributed by atoms with Gasteiger partial charge in [0, 0.05) is 5.39 Å². The summed E-state index contributed by atoms with van der Waals surface area (Å²) in [7, 11) is 1.54. The van der Waals surface area contributed by atoms with Gasteiger partial charge in [0.2, 0.25) is 0 Å². The van der Waals surface area contributed by atoms with E-state index in [1.807, 2.05) is 24.3 Å². The summed E-state index contributed by atoms with van der Waals surface area (Å²) in [4.78, 5) is 4.80. The van der Waals surface area contributed by atoms with E-state index in [2.05, 4.69) is 32.9 Å². The smallest absolute Gasteiger partial charge is 0.161 e. The van der Waals surface area contributed by atoms with Crippen LogP contribution < -0.4 is 4.74 Å². The van der Waals surface area contributed by atoms with E-state index in [1.165, 1.54) is 22.1 Å². The maximum absolute atomic E-state index is 9.66. The molecule has 0 aliphatic heterocycles. The summed E-state index contributed by atoms with van der Waals surface area (Å²) in [5, 5.41) is 10.9. The Bertz CT molecular complexity index is 942. The summed E-state index contributed by atoms with van der Waals surface area (Å²) in [5.41, 5.74) is 6.64. The van der Waals surface area contributed by atoms with Crippen LogP contribution in [0.15, 0.2) is 36.4 Å². The van der Waals surface area contributed by atoms with E-state index in [0.717, 1.165) is 16.8 Å². The third kappa shape index (κ3) is 2.98. The molecule has 0 saturated heterocycles. The molecule has 3 heteroatoms. The second-order valence-corrected chi connectivity index (χ2v) is 6.03. The molecule has 122 valence electrons. The fraction of sp³-hybridized carbons (Fsp3) is 0.190. The van der Waals surface area contributed by atoms with E-state index in [4.69, 9.17) is 9.72 Å². The van der Waals surface area contributed by atoms with Crippen molar-refractivity contribution in [1.29, 1.82) is 0 Å². The average Bonchev–Trinajstić information content (AvgIpc) is 2.59. The number of ether oxygens (including phenoxy) is 1. The Labute approximate surface area is 142 Å². The first-order valence-corrected chi connectivity index (χ1v) is 7.92. The Morgan fingerprint density at radius 1 is 0.958 bits per heavy atom. The lowest BCUT2D eigenvalue weighted by molar-refractivity contribution is 0.373. The number of fused-ring (bicyclic) bond motifs is 1. The van der Waals surface area contributed by atoms with Crippen LogP contribution >= 0.6 is 0 Å². The summed E-state index contributed by atoms with van der Waals surface area (Å²) < 4.78 is 5.14. The molecule has 0 saturated carbocycles. The number of methoxy groups -OCH3 is 1. The number of nitrogens with zero attached hydrogens (tertiary/aromatic N) is 1. The molecular weight excluding hydrogens is 298 g/mol. The molecule has 0 aliphatic rings. The number of pyridine rings is 1. The standard InChI is InChI=1S/C21H21NO2/c1-13-11-14(2)18-9-8-17(22-21(18)15(13)3)7-5-16-6-10-19(23)20(12-16)24-4/h5-12,23H,1-4H3/b7-5+. The molecule has 24 heavy (non-hydrogen) atoms. The van der Waals surface area contributed by atoms with Crippen LogP contribution in [0.2, 0.25) is 0 Å². The number of phenolic OH excluding ortho intramolecular Hbond substituents is 1. The fourth-order valence-corrected chi connectivity index (χ4v) is 2.85. The van der Waals surface area contributed by atoms with Crippen LogP contribution in [0.5, 0.6) is 11.5 Å². The minimum Gasteiger partial charge on any atom is -0.504 e. The Hall–Kier alpha value is -2.81. The molecule has 3 nitrogen and oxygen atoms in total. The van der Waals surface area contributed by atoms with Crippen molar-refractivity contribution in [2.45, 2.75) is 20.8 Å². The van der Waals surface area contributed by atoms with E-state index >= 15 is 0 Å². The molecule has 0 atom stereocenters. The van der Waals surface area contributed by atoms with Gasteiger partial charge < -0.3 is 9.84 Å². The van der Waals surface area contributed by atoms with Gasteiger partial charge in [-0.2, -0.15) is 0 Å². The predicted molar refractivity (Wildman–Crippen MR) is 99.5 cm³/mol. The van der Waals surface area contributed by atoms with Crippen LogP contribution in [0.25, 0.3) is 23.1 Å². The summed E-state index contributed by atoms with van der Waals surface area (Å²) >= 11 is 0. The first-order valence-electron chi connectivity index (χ1n) is 7.92. The van der Waals surface area contributed by atoms with Crippen molar-refractivity contribution in [2.24, 2.45) is 0 Å². The predicted octanol–water partition coefficient (Wildman–Crippen LogP) is 5.04. The maximum atomic E-state index is 9.66. The second-order valence-electron chi connectivity index (χ2n) is 6.03. The van der Waals surface area contributed by atoms with Crippen LogP contribution in [0.3, 0.4) is 0 Å². The van der Waals surface area contributed by atoms with Gasteiger partial charge in [-0.15, -0.1) is 0 Å². The van der Waals surface area contributed by atoms with E-state index < -0.39 is 0 Å². The molecule has 1 aromatic heterocycles. The molecular formula is C21H21NO2. The van der Waals surface area contributed by atoms with Gasteiger partial charge in [0.05, 0.1) is 18.3 Å². The van der Waals surface area contributed by atoms with Crippen LogP contribution in [-0.4, -0.2) is 17.2 Å². The quantitative estimate of drug-likeness (QED) is 0.735. The van der Waals surface area contributed by atoms with Gasteiger partial charge >= 0.3 is 0 Å². The van der Waals surface area contributed by atoms with Gasteiger partial charge in [0.15, 0.2) is 11.5 Å². The van der Waals surface area contributed by atoms with E-state index in [1.54, 1.807) is 19.2 Å². The van der Waals surface area contributed by atoms with Gasteiger partial charge in [-0.1, -0.05) is 24.3 Å². The van der Waals surface area contributed by atoms with Crippen molar-refractivity contribution in [1.82, 2.24) is 4.98 Å². The van der Waals surface area contributed by atoms with Gasteiger partial charge in [-0.05, 0) is 67.3 Å². The number of hydrogen-bond acceptors (Lipinski definition) is 3. The summed E-state index contributed by atoms with van der Waals surface area (Å²) in [6.07, 6.45) is 3.94. The van der Waals surface area contributed by atoms with E-state index in [0.29, 0.717) is 5.75 Å². The SMILES string of the molecule is COc1cc(/C=C/c2ccc3c(C)cc(C)c(C)c3n2)ccc1O. The highest BCUT2D eigenvalue weighted by atomic mass is 16.5. The molecule has 1 N–H and O–H groups in total. The van der Waals surface area contributed by atoms with Crippen molar-refractivity contribution in [2.75, 3.05) is 7.11 Å². The lowest BCUT2D eigenvalue weighted by Gasteiger charge is -2.09. The Morgan fingerprint density at radius 2 is 1.75 bits per heavy atom. The molecule has 0 radical (unpaired) electrons. The third-order valence-corrected chi connectivity index (χ3v) is 4.37. The monoisotopic (exact) mass is 319 g/mol. The minimum absolute atomic E-state index is 0.139. The fourth-order valence-electron chi connectivity index (χ4n) is 2.85. The average molecular weight is 319 g/mol. The first-order chi connectivity index (χ1) is 11.5. The molecule has 0 aliphatic carbocycles. The lowest BCUT2D eigenvalue weighted by Crippen LogP contribution is -1.92. The number of aromatic nitrogens is 1. The number of rotatable bonds is 3. The minimum atomic E-state index is 0.139. The maximum Gasteiger partial charge on any atom is 0.161 e. The number of aromatic hydroxyl groups is 1. The van der Waals surface area contributed by atoms with Crippen molar-refractivity contribution in [3.8, 4) is 11.5 Å². The van der Waals surface area contributed by atoms with Crippen molar-refractivity contribution >= 4 is 23.1 Å². The van der Waals surface area contributed by atoms with Gasteiger partial charge in [-0.3, -0.25) is 0 Å². The summed E-state index contributed by atoms with van der Waals surface area (Å²) in [6, 6.07) is 11.6. The number of aryl methyl sites for hydroxylation is 3. The first kappa shape index (κ1) is 16.1. The zero-order valence-corrected chi connectivity index (χ0v) is 14.4. The van der Waals surface area contributed by atoms with Crippen molar-refractivity contribution in [3.05, 3.63) is 64.3 Å². The number of hydrogen-bond donors (Lipinski definition) is 1. The normalized spacial score (nSPS) is 11.3. The highest BCUT2D eigenvalue weighted by Gasteiger charge is 2.06. The third-order valence-electron chi connectivity index (χ3n) is 4.37. The highest BCUT2D eigenvalue weighted by Crippen LogP contribution is 2.27. The zero-order chi connectivity index (χ0) is 17.3. The number of benzene rings is 2. The molecule has 0 unspecified atom stereocenters. The Balaban J connectivity index is 2.00. The molecule has 2 aromatic carbocycles. The van der Waals surface area contributed by atoms with Crippen LogP contribution in [0.4, 0.5) is 0 Å². The number of phenols is 1. The molecule has 3 rings (SSSR count).